The quantitative estimate of drug-likeness (QED) is 0.411. The summed E-state index contributed by atoms with van der Waals surface area (Å²) in [4.78, 5) is 0. The Labute approximate surface area is 136 Å². The van der Waals surface area contributed by atoms with E-state index in [1.54, 1.807) is 13.8 Å². The van der Waals surface area contributed by atoms with Crippen LogP contribution < -0.4 is 0 Å². The number of hydrogen-bond donors (Lipinski definition) is 6. The fraction of sp³-hybridized carbons (Fsp3) is 1.00. The summed E-state index contributed by atoms with van der Waals surface area (Å²) in [5, 5.41) is 31.2. The topological polar surface area (TPSA) is 80.9 Å². The zero-order valence-corrected chi connectivity index (χ0v) is 15.1. The van der Waals surface area contributed by atoms with Crippen LogP contribution in [-0.2, 0) is 26.2 Å². The smallest absolute Gasteiger partial charge is 0.0438 e. The molecule has 17 heavy (non-hydrogen) atoms. The van der Waals surface area contributed by atoms with Crippen LogP contribution in [0.2, 0.25) is 0 Å². The molecule has 0 bridgehead atoms. The summed E-state index contributed by atoms with van der Waals surface area (Å²) >= 11 is 7.68. The van der Waals surface area contributed by atoms with E-state index in [0.29, 0.717) is 0 Å². The van der Waals surface area contributed by atoms with E-state index in [4.69, 9.17) is 20.4 Å². The molecule has 4 N–H and O–H groups in total. The van der Waals surface area contributed by atoms with Gasteiger partial charge in [-0.05, 0) is 38.2 Å². The van der Waals surface area contributed by atoms with Gasteiger partial charge in [0, 0.05) is 52.6 Å². The first-order valence-corrected chi connectivity index (χ1v) is 6.58. The van der Waals surface area contributed by atoms with Gasteiger partial charge >= 0.3 is 0 Å². The van der Waals surface area contributed by atoms with Gasteiger partial charge in [-0.25, -0.2) is 0 Å². The van der Waals surface area contributed by atoms with Crippen LogP contribution in [0.3, 0.4) is 0 Å². The molecule has 0 aromatic heterocycles. The SMILES string of the molecule is CCO.CCO.OCCCS.OCCCS.[Zr]. The minimum Gasteiger partial charge on any atom is -0.397 e. The molecule has 108 valence electrons. The molecule has 0 heterocycles. The number of hydrogen-bond acceptors (Lipinski definition) is 6. The van der Waals surface area contributed by atoms with Crippen molar-refractivity contribution in [2.45, 2.75) is 26.7 Å². The van der Waals surface area contributed by atoms with Crippen LogP contribution in [0.15, 0.2) is 0 Å². The molecule has 0 aromatic rings. The third kappa shape index (κ3) is 141. The second-order valence-corrected chi connectivity index (χ2v) is 3.13. The Morgan fingerprint density at radius 3 is 0.882 bits per heavy atom. The van der Waals surface area contributed by atoms with Crippen molar-refractivity contribution >= 4 is 25.3 Å². The van der Waals surface area contributed by atoms with Gasteiger partial charge in [0.2, 0.25) is 0 Å². The van der Waals surface area contributed by atoms with E-state index >= 15 is 0 Å². The molecule has 7 heteroatoms. The predicted octanol–water partition coefficient (Wildman–Crippen LogP) is 0.592. The molecule has 0 spiro atoms. The molecule has 0 rings (SSSR count). The van der Waals surface area contributed by atoms with Crippen molar-refractivity contribution in [1.29, 1.82) is 0 Å². The Hall–Kier alpha value is 1.42. The summed E-state index contributed by atoms with van der Waals surface area (Å²) in [6.07, 6.45) is 1.62. The van der Waals surface area contributed by atoms with Gasteiger partial charge in [0.05, 0.1) is 0 Å². The third-order valence-corrected chi connectivity index (χ3v) is 1.26. The van der Waals surface area contributed by atoms with E-state index in [1.165, 1.54) is 0 Å². The number of aliphatic hydroxyl groups is 4. The van der Waals surface area contributed by atoms with Crippen molar-refractivity contribution < 1.29 is 46.6 Å². The molecule has 0 fully saturated rings. The van der Waals surface area contributed by atoms with Crippen LogP contribution >= 0.6 is 25.3 Å². The van der Waals surface area contributed by atoms with E-state index in [9.17, 15) is 0 Å². The minimum absolute atomic E-state index is 0. The normalized spacial score (nSPS) is 7.06. The Balaban J connectivity index is -0.0000000381. The standard InChI is InChI=1S/2C3H8OS.2C2H6O.Zr/c2*4-2-1-3-5;2*1-2-3;/h2*4-5H,1-3H2;2*3H,2H2,1H3;. The molecule has 4 nitrogen and oxygen atoms in total. The molecule has 0 aliphatic carbocycles. The van der Waals surface area contributed by atoms with Crippen LogP contribution in [0.1, 0.15) is 26.7 Å². The number of thiol groups is 2. The monoisotopic (exact) mass is 366 g/mol. The summed E-state index contributed by atoms with van der Waals surface area (Å²) in [7, 11) is 0. The average molecular weight is 368 g/mol. The maximum absolute atomic E-state index is 8.02. The first kappa shape index (κ1) is 31.0. The summed E-state index contributed by atoms with van der Waals surface area (Å²) < 4.78 is 0. The van der Waals surface area contributed by atoms with E-state index in [-0.39, 0.29) is 52.6 Å². The zero-order valence-electron chi connectivity index (χ0n) is 10.8. The van der Waals surface area contributed by atoms with Crippen molar-refractivity contribution in [1.82, 2.24) is 0 Å². The van der Waals surface area contributed by atoms with Crippen LogP contribution in [0, 0.1) is 0 Å². The van der Waals surface area contributed by atoms with Gasteiger partial charge in [0.15, 0.2) is 0 Å². The zero-order chi connectivity index (χ0) is 13.7. The Morgan fingerprint density at radius 1 is 0.706 bits per heavy atom. The van der Waals surface area contributed by atoms with Gasteiger partial charge in [-0.1, -0.05) is 0 Å². The van der Waals surface area contributed by atoms with Crippen molar-refractivity contribution in [2.24, 2.45) is 0 Å². The minimum atomic E-state index is 0. The molecular formula is C10H28O4S2Zr. The van der Waals surface area contributed by atoms with Crippen molar-refractivity contribution in [2.75, 3.05) is 37.9 Å². The van der Waals surface area contributed by atoms with Crippen molar-refractivity contribution in [3.05, 3.63) is 0 Å². The molecule has 0 aliphatic heterocycles. The molecule has 0 saturated carbocycles. The Morgan fingerprint density at radius 2 is 0.882 bits per heavy atom. The van der Waals surface area contributed by atoms with Crippen molar-refractivity contribution in [3.8, 4) is 0 Å². The number of aliphatic hydroxyl groups excluding tert-OH is 4. The average Bonchev–Trinajstić information content (AvgIpc) is 2.23. The predicted molar refractivity (Wildman–Crippen MR) is 76.6 cm³/mol. The molecule has 0 saturated heterocycles. The van der Waals surface area contributed by atoms with E-state index in [2.05, 4.69) is 25.3 Å². The van der Waals surface area contributed by atoms with E-state index < -0.39 is 0 Å². The maximum atomic E-state index is 8.02. The third-order valence-electron chi connectivity index (χ3n) is 0.632. The first-order chi connectivity index (χ1) is 7.66. The fourth-order valence-corrected chi connectivity index (χ4v) is 0.424. The number of rotatable bonds is 4. The first-order valence-electron chi connectivity index (χ1n) is 5.31. The van der Waals surface area contributed by atoms with Crippen molar-refractivity contribution in [3.63, 3.8) is 0 Å². The summed E-state index contributed by atoms with van der Waals surface area (Å²) in [6.45, 7) is 4.40. The van der Waals surface area contributed by atoms with Gasteiger partial charge in [0.1, 0.15) is 0 Å². The van der Waals surface area contributed by atoms with Crippen LogP contribution in [0.5, 0.6) is 0 Å². The van der Waals surface area contributed by atoms with Gasteiger partial charge in [0.25, 0.3) is 0 Å². The summed E-state index contributed by atoms with van der Waals surface area (Å²) in [6, 6.07) is 0. The van der Waals surface area contributed by atoms with Crippen LogP contribution in [0.25, 0.3) is 0 Å². The van der Waals surface area contributed by atoms with Gasteiger partial charge in [-0.2, -0.15) is 25.3 Å². The molecule has 0 amide bonds. The van der Waals surface area contributed by atoms with Crippen LogP contribution in [-0.4, -0.2) is 58.4 Å². The molecular weight excluding hydrogens is 339 g/mol. The molecule has 0 aromatic carbocycles. The van der Waals surface area contributed by atoms with Crippen LogP contribution in [0.4, 0.5) is 0 Å². The second-order valence-electron chi connectivity index (χ2n) is 2.23. The largest absolute Gasteiger partial charge is 0.397 e. The molecule has 0 atom stereocenters. The fourth-order valence-electron chi connectivity index (χ4n) is 0.141. The van der Waals surface area contributed by atoms with Gasteiger partial charge < -0.3 is 20.4 Å². The molecule has 0 unspecified atom stereocenters. The Kier molecular flexibility index (Phi) is 96.6. The molecule has 0 aliphatic rings. The van der Waals surface area contributed by atoms with Gasteiger partial charge in [-0.15, -0.1) is 0 Å². The Bertz CT molecular complexity index is 62.3. The summed E-state index contributed by atoms with van der Waals surface area (Å²) in [5.41, 5.74) is 0. The van der Waals surface area contributed by atoms with E-state index in [1.807, 2.05) is 0 Å². The van der Waals surface area contributed by atoms with E-state index in [0.717, 1.165) is 24.3 Å². The molecule has 0 radical (unpaired) electrons. The van der Waals surface area contributed by atoms with Gasteiger partial charge in [-0.3, -0.25) is 0 Å². The maximum Gasteiger partial charge on any atom is 0.0438 e. The second kappa shape index (κ2) is 52.9. The summed E-state index contributed by atoms with van der Waals surface area (Å²) in [5.74, 6) is 1.58.